The predicted molar refractivity (Wildman–Crippen MR) is 78.4 cm³/mol. The standard InChI is InChI=1S/C15H18ClN3/c16-12-5-3-4-11(8-12)14-10-18-19-15(14)9-13-6-1-2-7-17-13/h3-5,8,10,13,17H,1-2,6-7,9H2,(H,18,19). The van der Waals surface area contributed by atoms with Crippen molar-refractivity contribution in [2.45, 2.75) is 31.7 Å². The smallest absolute Gasteiger partial charge is 0.0568 e. The molecule has 3 nitrogen and oxygen atoms in total. The average Bonchev–Trinajstić information content (AvgIpc) is 2.88. The maximum absolute atomic E-state index is 6.06. The number of nitrogens with zero attached hydrogens (tertiary/aromatic N) is 1. The van der Waals surface area contributed by atoms with Gasteiger partial charge in [0, 0.05) is 28.7 Å². The summed E-state index contributed by atoms with van der Waals surface area (Å²) >= 11 is 6.06. The molecule has 1 saturated heterocycles. The molecule has 19 heavy (non-hydrogen) atoms. The number of halogens is 1. The molecule has 100 valence electrons. The van der Waals surface area contributed by atoms with E-state index in [9.17, 15) is 0 Å². The highest BCUT2D eigenvalue weighted by molar-refractivity contribution is 6.30. The molecule has 3 rings (SSSR count). The second-order valence-electron chi connectivity index (χ2n) is 5.12. The first-order chi connectivity index (χ1) is 9.33. The lowest BCUT2D eigenvalue weighted by Crippen LogP contribution is -2.35. The fraction of sp³-hybridized carbons (Fsp3) is 0.400. The number of nitrogens with one attached hydrogen (secondary N) is 2. The number of rotatable bonds is 3. The van der Waals surface area contributed by atoms with E-state index < -0.39 is 0 Å². The number of benzene rings is 1. The van der Waals surface area contributed by atoms with Crippen molar-refractivity contribution in [2.75, 3.05) is 6.54 Å². The molecule has 1 aliphatic heterocycles. The fourth-order valence-electron chi connectivity index (χ4n) is 2.72. The minimum Gasteiger partial charge on any atom is -0.314 e. The largest absolute Gasteiger partial charge is 0.314 e. The zero-order valence-electron chi connectivity index (χ0n) is 10.8. The SMILES string of the molecule is Clc1cccc(-c2cn[nH]c2CC2CCCCN2)c1. The Balaban J connectivity index is 1.81. The first kappa shape index (κ1) is 12.7. The van der Waals surface area contributed by atoms with Gasteiger partial charge in [-0.1, -0.05) is 30.2 Å². The number of aromatic nitrogens is 2. The van der Waals surface area contributed by atoms with Gasteiger partial charge in [-0.2, -0.15) is 5.10 Å². The third kappa shape index (κ3) is 2.99. The summed E-state index contributed by atoms with van der Waals surface area (Å²) in [6, 6.07) is 8.51. The maximum atomic E-state index is 6.06. The van der Waals surface area contributed by atoms with Crippen LogP contribution < -0.4 is 5.32 Å². The summed E-state index contributed by atoms with van der Waals surface area (Å²) in [5, 5.41) is 11.7. The lowest BCUT2D eigenvalue weighted by molar-refractivity contribution is 0.397. The Kier molecular flexibility index (Phi) is 3.85. The molecule has 0 aliphatic carbocycles. The van der Waals surface area contributed by atoms with Crippen molar-refractivity contribution in [2.24, 2.45) is 0 Å². The van der Waals surface area contributed by atoms with Gasteiger partial charge in [-0.25, -0.2) is 0 Å². The van der Waals surface area contributed by atoms with Gasteiger partial charge in [0.15, 0.2) is 0 Å². The zero-order chi connectivity index (χ0) is 13.1. The molecule has 1 aliphatic rings. The third-order valence-corrected chi connectivity index (χ3v) is 3.95. The summed E-state index contributed by atoms with van der Waals surface area (Å²) in [5.74, 6) is 0. The summed E-state index contributed by atoms with van der Waals surface area (Å²) in [6.07, 6.45) is 6.75. The van der Waals surface area contributed by atoms with Crippen LogP contribution in [0, 0.1) is 0 Å². The van der Waals surface area contributed by atoms with E-state index in [1.165, 1.54) is 25.0 Å². The predicted octanol–water partition coefficient (Wildman–Crippen LogP) is 3.41. The van der Waals surface area contributed by atoms with Crippen molar-refractivity contribution in [3.63, 3.8) is 0 Å². The number of hydrogen-bond donors (Lipinski definition) is 2. The molecular formula is C15H18ClN3. The fourth-order valence-corrected chi connectivity index (χ4v) is 2.91. The van der Waals surface area contributed by atoms with Crippen molar-refractivity contribution in [1.29, 1.82) is 0 Å². The van der Waals surface area contributed by atoms with Crippen molar-refractivity contribution in [3.05, 3.63) is 41.2 Å². The third-order valence-electron chi connectivity index (χ3n) is 3.72. The van der Waals surface area contributed by atoms with E-state index in [2.05, 4.69) is 21.6 Å². The van der Waals surface area contributed by atoms with Gasteiger partial charge in [-0.05, 0) is 37.1 Å². The molecule has 0 saturated carbocycles. The minimum atomic E-state index is 0.562. The van der Waals surface area contributed by atoms with Crippen molar-refractivity contribution >= 4 is 11.6 Å². The van der Waals surface area contributed by atoms with Gasteiger partial charge in [0.25, 0.3) is 0 Å². The Morgan fingerprint density at radius 2 is 2.26 bits per heavy atom. The van der Waals surface area contributed by atoms with E-state index >= 15 is 0 Å². The van der Waals surface area contributed by atoms with Crippen LogP contribution in [-0.4, -0.2) is 22.8 Å². The number of aromatic amines is 1. The summed E-state index contributed by atoms with van der Waals surface area (Å²) in [5.41, 5.74) is 3.49. The van der Waals surface area contributed by atoms with Gasteiger partial charge in [0.2, 0.25) is 0 Å². The number of piperidine rings is 1. The van der Waals surface area contributed by atoms with Crippen LogP contribution in [0.1, 0.15) is 25.0 Å². The molecule has 4 heteroatoms. The van der Waals surface area contributed by atoms with Gasteiger partial charge in [-0.15, -0.1) is 0 Å². The van der Waals surface area contributed by atoms with E-state index in [4.69, 9.17) is 11.6 Å². The maximum Gasteiger partial charge on any atom is 0.0568 e. The molecule has 1 aromatic heterocycles. The molecule has 0 radical (unpaired) electrons. The first-order valence-corrected chi connectivity index (χ1v) is 7.22. The van der Waals surface area contributed by atoms with E-state index in [1.807, 2.05) is 24.4 Å². The van der Waals surface area contributed by atoms with Crippen LogP contribution in [0.3, 0.4) is 0 Å². The van der Waals surface area contributed by atoms with Crippen molar-refractivity contribution in [1.82, 2.24) is 15.5 Å². The first-order valence-electron chi connectivity index (χ1n) is 6.84. The van der Waals surface area contributed by atoms with Crippen LogP contribution in [0.5, 0.6) is 0 Å². The highest BCUT2D eigenvalue weighted by Crippen LogP contribution is 2.26. The molecule has 1 aromatic carbocycles. The van der Waals surface area contributed by atoms with Crippen LogP contribution in [0.4, 0.5) is 0 Å². The highest BCUT2D eigenvalue weighted by Gasteiger charge is 2.16. The lowest BCUT2D eigenvalue weighted by Gasteiger charge is -2.23. The second kappa shape index (κ2) is 5.76. The molecule has 0 amide bonds. The number of hydrogen-bond acceptors (Lipinski definition) is 2. The Bertz CT molecular complexity index is 544. The minimum absolute atomic E-state index is 0.562. The lowest BCUT2D eigenvalue weighted by atomic mass is 9.97. The second-order valence-corrected chi connectivity index (χ2v) is 5.56. The molecule has 2 N–H and O–H groups in total. The summed E-state index contributed by atoms with van der Waals surface area (Å²) in [7, 11) is 0. The van der Waals surface area contributed by atoms with Crippen molar-refractivity contribution in [3.8, 4) is 11.1 Å². The molecule has 2 heterocycles. The number of H-pyrrole nitrogens is 1. The van der Waals surface area contributed by atoms with E-state index in [-0.39, 0.29) is 0 Å². The van der Waals surface area contributed by atoms with Gasteiger partial charge in [-0.3, -0.25) is 5.10 Å². The van der Waals surface area contributed by atoms with Crippen LogP contribution in [0.2, 0.25) is 5.02 Å². The normalized spacial score (nSPS) is 19.5. The van der Waals surface area contributed by atoms with Gasteiger partial charge < -0.3 is 5.32 Å². The molecule has 2 aromatic rings. The van der Waals surface area contributed by atoms with Crippen LogP contribution in [0.25, 0.3) is 11.1 Å². The highest BCUT2D eigenvalue weighted by atomic mass is 35.5. The van der Waals surface area contributed by atoms with Gasteiger partial charge >= 0.3 is 0 Å². The molecule has 0 spiro atoms. The molecule has 1 unspecified atom stereocenters. The summed E-state index contributed by atoms with van der Waals surface area (Å²) in [4.78, 5) is 0. The Labute approximate surface area is 118 Å². The molecule has 1 atom stereocenters. The monoisotopic (exact) mass is 275 g/mol. The molecule has 0 bridgehead atoms. The van der Waals surface area contributed by atoms with Gasteiger partial charge in [0.1, 0.15) is 0 Å². The quantitative estimate of drug-likeness (QED) is 0.901. The average molecular weight is 276 g/mol. The summed E-state index contributed by atoms with van der Waals surface area (Å²) < 4.78 is 0. The van der Waals surface area contributed by atoms with Crippen LogP contribution >= 0.6 is 11.6 Å². The molecular weight excluding hydrogens is 258 g/mol. The Hall–Kier alpha value is -1.32. The van der Waals surface area contributed by atoms with Crippen LogP contribution in [0.15, 0.2) is 30.5 Å². The van der Waals surface area contributed by atoms with E-state index in [1.54, 1.807) is 0 Å². The summed E-state index contributed by atoms with van der Waals surface area (Å²) in [6.45, 7) is 1.13. The van der Waals surface area contributed by atoms with Crippen molar-refractivity contribution < 1.29 is 0 Å². The Morgan fingerprint density at radius 3 is 3.05 bits per heavy atom. The van der Waals surface area contributed by atoms with Gasteiger partial charge in [0.05, 0.1) is 6.20 Å². The van der Waals surface area contributed by atoms with Crippen LogP contribution in [-0.2, 0) is 6.42 Å². The topological polar surface area (TPSA) is 40.7 Å². The Morgan fingerprint density at radius 1 is 1.32 bits per heavy atom. The molecule has 1 fully saturated rings. The van der Waals surface area contributed by atoms with E-state index in [0.717, 1.165) is 29.1 Å². The van der Waals surface area contributed by atoms with E-state index in [0.29, 0.717) is 6.04 Å². The zero-order valence-corrected chi connectivity index (χ0v) is 11.6.